The first kappa shape index (κ1) is 19.2. The molecule has 0 heterocycles. The highest BCUT2D eigenvalue weighted by Gasteiger charge is 2.52. The zero-order valence-electron chi connectivity index (χ0n) is 15.2. The van der Waals surface area contributed by atoms with E-state index in [0.717, 1.165) is 10.2 Å². The first-order chi connectivity index (χ1) is 12.3. The molecule has 4 heteroatoms. The van der Waals surface area contributed by atoms with Crippen LogP contribution in [-0.2, 0) is 0 Å². The minimum Gasteiger partial charge on any atom is -0.533 e. The van der Waals surface area contributed by atoms with Crippen molar-refractivity contribution in [2.45, 2.75) is 25.8 Å². The molecule has 0 N–H and O–H groups in total. The van der Waals surface area contributed by atoms with E-state index in [4.69, 9.17) is 16.0 Å². The smallest absolute Gasteiger partial charge is 0.320 e. The van der Waals surface area contributed by atoms with Gasteiger partial charge in [-0.2, -0.15) is 0 Å². The molecule has 0 spiro atoms. The second kappa shape index (κ2) is 7.59. The maximum Gasteiger partial charge on any atom is 0.320 e. The van der Waals surface area contributed by atoms with E-state index in [1.54, 1.807) is 0 Å². The van der Waals surface area contributed by atoms with Gasteiger partial charge in [0.2, 0.25) is 0 Å². The zero-order valence-corrected chi connectivity index (χ0v) is 18.5. The first-order valence-corrected chi connectivity index (χ1v) is 11.7. The standard InChI is InChI=1S/C22H22BrClOSi/c1-22(2,3)26(18-10-6-4-7-11-18,19-12-8-5-9-13-19)25-21-15-14-17(24)16-20(21)23/h4-16H,1-3H3. The fraction of sp³-hybridized carbons (Fsp3) is 0.182. The molecule has 0 bridgehead atoms. The Morgan fingerprint density at radius 2 is 1.31 bits per heavy atom. The minimum absolute atomic E-state index is 0.0746. The Kier molecular flexibility index (Phi) is 5.61. The van der Waals surface area contributed by atoms with Crippen LogP contribution in [0.5, 0.6) is 5.75 Å². The molecule has 0 fully saturated rings. The van der Waals surface area contributed by atoms with Gasteiger partial charge in [0, 0.05) is 5.02 Å². The second-order valence-corrected chi connectivity index (χ2v) is 12.9. The average molecular weight is 446 g/mol. The van der Waals surface area contributed by atoms with Crippen molar-refractivity contribution in [3.05, 3.63) is 88.4 Å². The van der Waals surface area contributed by atoms with E-state index in [-0.39, 0.29) is 5.04 Å². The molecule has 1 nitrogen and oxygen atoms in total. The van der Waals surface area contributed by atoms with Crippen molar-refractivity contribution < 1.29 is 4.43 Å². The maximum atomic E-state index is 6.96. The van der Waals surface area contributed by atoms with Gasteiger partial charge in [0.05, 0.1) is 4.47 Å². The lowest BCUT2D eigenvalue weighted by Crippen LogP contribution is -2.68. The Morgan fingerprint density at radius 3 is 1.73 bits per heavy atom. The maximum absolute atomic E-state index is 6.96. The third kappa shape index (κ3) is 3.61. The van der Waals surface area contributed by atoms with E-state index in [1.165, 1.54) is 10.4 Å². The summed E-state index contributed by atoms with van der Waals surface area (Å²) in [4.78, 5) is 0. The Hall–Kier alpha value is -1.55. The predicted octanol–water partition coefficient (Wildman–Crippen LogP) is 6.04. The molecule has 26 heavy (non-hydrogen) atoms. The number of rotatable bonds is 4. The molecule has 0 aromatic heterocycles. The SMILES string of the molecule is CC(C)(C)[Si](Oc1ccc(Cl)cc1Br)(c1ccccc1)c1ccccc1. The number of halogens is 2. The monoisotopic (exact) mass is 444 g/mol. The van der Waals surface area contributed by atoms with Crippen LogP contribution in [0.3, 0.4) is 0 Å². The first-order valence-electron chi connectivity index (χ1n) is 8.60. The molecule has 0 aliphatic heterocycles. The van der Waals surface area contributed by atoms with Crippen LogP contribution in [0.25, 0.3) is 0 Å². The lowest BCUT2D eigenvalue weighted by Gasteiger charge is -2.43. The van der Waals surface area contributed by atoms with Crippen LogP contribution in [0, 0.1) is 0 Å². The molecule has 0 aliphatic carbocycles. The summed E-state index contributed by atoms with van der Waals surface area (Å²) in [6, 6.07) is 26.9. The van der Waals surface area contributed by atoms with E-state index >= 15 is 0 Å². The number of hydrogen-bond acceptors (Lipinski definition) is 1. The highest BCUT2D eigenvalue weighted by atomic mass is 79.9. The van der Waals surface area contributed by atoms with Crippen molar-refractivity contribution in [2.75, 3.05) is 0 Å². The summed E-state index contributed by atoms with van der Waals surface area (Å²) in [5, 5.41) is 3.11. The summed E-state index contributed by atoms with van der Waals surface area (Å²) in [6.45, 7) is 6.80. The molecule has 0 radical (unpaired) electrons. The lowest BCUT2D eigenvalue weighted by molar-refractivity contribution is 0.505. The predicted molar refractivity (Wildman–Crippen MR) is 117 cm³/mol. The number of hydrogen-bond donors (Lipinski definition) is 0. The van der Waals surface area contributed by atoms with Gasteiger partial charge in [0.1, 0.15) is 5.75 Å². The van der Waals surface area contributed by atoms with Crippen LogP contribution in [0.15, 0.2) is 83.3 Å². The van der Waals surface area contributed by atoms with E-state index in [0.29, 0.717) is 5.02 Å². The molecule has 0 unspecified atom stereocenters. The lowest BCUT2D eigenvalue weighted by atomic mass is 10.2. The van der Waals surface area contributed by atoms with Gasteiger partial charge in [-0.15, -0.1) is 0 Å². The quantitative estimate of drug-likeness (QED) is 0.445. The third-order valence-corrected chi connectivity index (χ3v) is 10.4. The largest absolute Gasteiger partial charge is 0.533 e. The fourth-order valence-electron chi connectivity index (χ4n) is 3.37. The Balaban J connectivity index is 2.27. The van der Waals surface area contributed by atoms with Gasteiger partial charge in [0.15, 0.2) is 0 Å². The molecule has 0 aliphatic rings. The van der Waals surface area contributed by atoms with Crippen LogP contribution in [-0.4, -0.2) is 8.32 Å². The van der Waals surface area contributed by atoms with Crippen LogP contribution >= 0.6 is 27.5 Å². The number of benzene rings is 3. The van der Waals surface area contributed by atoms with Crippen molar-refractivity contribution in [1.82, 2.24) is 0 Å². The highest BCUT2D eigenvalue weighted by molar-refractivity contribution is 9.10. The summed E-state index contributed by atoms with van der Waals surface area (Å²) in [5.74, 6) is 0.823. The van der Waals surface area contributed by atoms with Crippen LogP contribution < -0.4 is 14.8 Å². The summed E-state index contributed by atoms with van der Waals surface area (Å²) in [6.07, 6.45) is 0. The molecule has 0 saturated heterocycles. The van der Waals surface area contributed by atoms with Crippen LogP contribution in [0.2, 0.25) is 10.1 Å². The summed E-state index contributed by atoms with van der Waals surface area (Å²) in [5.41, 5.74) is 0. The van der Waals surface area contributed by atoms with Gasteiger partial charge in [-0.05, 0) is 49.5 Å². The average Bonchev–Trinajstić information content (AvgIpc) is 2.62. The molecule has 134 valence electrons. The molecule has 3 rings (SSSR count). The Bertz CT molecular complexity index is 836. The summed E-state index contributed by atoms with van der Waals surface area (Å²) < 4.78 is 7.83. The molecular weight excluding hydrogens is 424 g/mol. The molecule has 3 aromatic carbocycles. The van der Waals surface area contributed by atoms with Crippen molar-refractivity contribution in [2.24, 2.45) is 0 Å². The van der Waals surface area contributed by atoms with Gasteiger partial charge in [-0.1, -0.05) is 93.0 Å². The van der Waals surface area contributed by atoms with Gasteiger partial charge in [-0.25, -0.2) is 0 Å². The Labute approximate surface area is 170 Å². The van der Waals surface area contributed by atoms with Crippen molar-refractivity contribution in [3.8, 4) is 5.75 Å². The normalized spacial score (nSPS) is 12.0. The van der Waals surface area contributed by atoms with Gasteiger partial charge < -0.3 is 4.43 Å². The topological polar surface area (TPSA) is 9.23 Å². The van der Waals surface area contributed by atoms with Gasteiger partial charge >= 0.3 is 8.32 Å². The molecule has 3 aromatic rings. The molecule has 0 saturated carbocycles. The highest BCUT2D eigenvalue weighted by Crippen LogP contribution is 2.39. The molecule has 0 amide bonds. The van der Waals surface area contributed by atoms with E-state index in [2.05, 4.69) is 97.4 Å². The van der Waals surface area contributed by atoms with Crippen molar-refractivity contribution >= 4 is 46.2 Å². The van der Waals surface area contributed by atoms with Crippen LogP contribution in [0.4, 0.5) is 0 Å². The van der Waals surface area contributed by atoms with Crippen molar-refractivity contribution in [1.29, 1.82) is 0 Å². The van der Waals surface area contributed by atoms with E-state index in [1.807, 2.05) is 18.2 Å². The zero-order chi connectivity index (χ0) is 18.8. The van der Waals surface area contributed by atoms with Crippen LogP contribution in [0.1, 0.15) is 20.8 Å². The summed E-state index contributed by atoms with van der Waals surface area (Å²) >= 11 is 9.76. The molecular formula is C22H22BrClOSi. The molecule has 0 atom stereocenters. The Morgan fingerprint density at radius 1 is 0.808 bits per heavy atom. The van der Waals surface area contributed by atoms with E-state index < -0.39 is 8.32 Å². The second-order valence-electron chi connectivity index (χ2n) is 7.34. The van der Waals surface area contributed by atoms with Gasteiger partial charge in [0.25, 0.3) is 0 Å². The third-order valence-electron chi connectivity index (χ3n) is 4.57. The minimum atomic E-state index is -2.61. The van der Waals surface area contributed by atoms with Gasteiger partial charge in [-0.3, -0.25) is 0 Å². The summed E-state index contributed by atoms with van der Waals surface area (Å²) in [7, 11) is -2.61. The van der Waals surface area contributed by atoms with Crippen molar-refractivity contribution in [3.63, 3.8) is 0 Å². The fourth-order valence-corrected chi connectivity index (χ4v) is 8.72. The van der Waals surface area contributed by atoms with E-state index in [9.17, 15) is 0 Å².